The van der Waals surface area contributed by atoms with Crippen LogP contribution in [-0.2, 0) is 11.3 Å². The highest BCUT2D eigenvalue weighted by Gasteiger charge is 2.09. The van der Waals surface area contributed by atoms with E-state index in [1.165, 1.54) is 12.3 Å². The molecule has 0 aliphatic rings. The van der Waals surface area contributed by atoms with Crippen LogP contribution in [0.15, 0.2) is 42.6 Å². The van der Waals surface area contributed by atoms with E-state index in [4.69, 9.17) is 21.1 Å². The monoisotopic (exact) mass is 277 g/mol. The van der Waals surface area contributed by atoms with E-state index in [1.807, 2.05) is 18.2 Å². The first-order valence-corrected chi connectivity index (χ1v) is 5.98. The molecule has 2 rings (SSSR count). The first-order valence-electron chi connectivity index (χ1n) is 5.60. The lowest BCUT2D eigenvalue weighted by atomic mass is 10.2. The number of esters is 1. The van der Waals surface area contributed by atoms with E-state index in [2.05, 4.69) is 4.98 Å². The second-order valence-corrected chi connectivity index (χ2v) is 4.22. The fourth-order valence-electron chi connectivity index (χ4n) is 1.50. The number of rotatable bonds is 4. The molecule has 0 aliphatic carbocycles. The molecule has 98 valence electrons. The van der Waals surface area contributed by atoms with Crippen LogP contribution >= 0.6 is 11.6 Å². The molecule has 0 saturated heterocycles. The lowest BCUT2D eigenvalue weighted by Gasteiger charge is -2.06. The number of ether oxygens (including phenoxy) is 2. The third-order valence-corrected chi connectivity index (χ3v) is 2.67. The van der Waals surface area contributed by atoms with E-state index in [0.717, 1.165) is 11.3 Å². The Morgan fingerprint density at radius 3 is 2.89 bits per heavy atom. The lowest BCUT2D eigenvalue weighted by Crippen LogP contribution is -2.07. The van der Waals surface area contributed by atoms with Crippen LogP contribution in [0, 0.1) is 0 Å². The van der Waals surface area contributed by atoms with E-state index in [0.29, 0.717) is 5.02 Å². The fourth-order valence-corrected chi connectivity index (χ4v) is 1.66. The normalized spacial score (nSPS) is 10.0. The maximum atomic E-state index is 11.8. The molecule has 0 N–H and O–H groups in total. The summed E-state index contributed by atoms with van der Waals surface area (Å²) in [6.07, 6.45) is 1.46. The first kappa shape index (κ1) is 13.4. The topological polar surface area (TPSA) is 48.4 Å². The molecular formula is C14H12ClNO3. The number of nitrogens with zero attached hydrogens (tertiary/aromatic N) is 1. The maximum Gasteiger partial charge on any atom is 0.357 e. The molecule has 0 atom stereocenters. The zero-order valence-corrected chi connectivity index (χ0v) is 11.1. The van der Waals surface area contributed by atoms with Crippen LogP contribution in [0.2, 0.25) is 5.02 Å². The zero-order valence-electron chi connectivity index (χ0n) is 10.3. The smallest absolute Gasteiger partial charge is 0.357 e. The second kappa shape index (κ2) is 6.20. The van der Waals surface area contributed by atoms with Crippen molar-refractivity contribution in [2.24, 2.45) is 0 Å². The standard InChI is InChI=1S/C14H12ClNO3/c1-18-12-4-2-3-10(7-12)9-19-14(17)13-8-11(15)5-6-16-13/h2-8H,9H2,1H3. The van der Waals surface area contributed by atoms with E-state index in [-0.39, 0.29) is 12.3 Å². The molecule has 0 fully saturated rings. The van der Waals surface area contributed by atoms with Crippen LogP contribution in [-0.4, -0.2) is 18.1 Å². The van der Waals surface area contributed by atoms with Gasteiger partial charge in [0.1, 0.15) is 18.1 Å². The summed E-state index contributed by atoms with van der Waals surface area (Å²) < 4.78 is 10.2. The summed E-state index contributed by atoms with van der Waals surface area (Å²) in [5.74, 6) is 0.208. The average Bonchev–Trinajstić information content (AvgIpc) is 2.45. The number of carbonyl (C=O) groups excluding carboxylic acids is 1. The van der Waals surface area contributed by atoms with E-state index in [1.54, 1.807) is 19.2 Å². The fraction of sp³-hybridized carbons (Fsp3) is 0.143. The van der Waals surface area contributed by atoms with Crippen molar-refractivity contribution >= 4 is 17.6 Å². The SMILES string of the molecule is COc1cccc(COC(=O)c2cc(Cl)ccn2)c1. The molecule has 0 bridgehead atoms. The van der Waals surface area contributed by atoms with Crippen LogP contribution < -0.4 is 4.74 Å². The summed E-state index contributed by atoms with van der Waals surface area (Å²) in [7, 11) is 1.58. The lowest BCUT2D eigenvalue weighted by molar-refractivity contribution is 0.0465. The van der Waals surface area contributed by atoms with Gasteiger partial charge in [-0.15, -0.1) is 0 Å². The number of pyridine rings is 1. The number of methoxy groups -OCH3 is 1. The average molecular weight is 278 g/mol. The number of aromatic nitrogens is 1. The van der Waals surface area contributed by atoms with Crippen molar-refractivity contribution in [1.29, 1.82) is 0 Å². The van der Waals surface area contributed by atoms with Crippen molar-refractivity contribution in [2.45, 2.75) is 6.61 Å². The van der Waals surface area contributed by atoms with E-state index >= 15 is 0 Å². The molecule has 0 unspecified atom stereocenters. The summed E-state index contributed by atoms with van der Waals surface area (Å²) in [6.45, 7) is 0.157. The second-order valence-electron chi connectivity index (χ2n) is 3.79. The Morgan fingerprint density at radius 2 is 2.16 bits per heavy atom. The molecule has 4 nitrogen and oxygen atoms in total. The molecule has 0 amide bonds. The summed E-state index contributed by atoms with van der Waals surface area (Å²) in [6, 6.07) is 10.4. The molecule has 19 heavy (non-hydrogen) atoms. The summed E-state index contributed by atoms with van der Waals surface area (Å²) in [5, 5.41) is 0.448. The molecule has 0 saturated carbocycles. The van der Waals surface area contributed by atoms with Gasteiger partial charge >= 0.3 is 5.97 Å². The number of hydrogen-bond donors (Lipinski definition) is 0. The molecule has 2 aromatic rings. The minimum atomic E-state index is -0.509. The molecule has 0 spiro atoms. The maximum absolute atomic E-state index is 11.8. The molecule has 5 heteroatoms. The Balaban J connectivity index is 2.00. The van der Waals surface area contributed by atoms with Gasteiger partial charge in [-0.3, -0.25) is 0 Å². The van der Waals surface area contributed by atoms with Gasteiger partial charge in [-0.2, -0.15) is 0 Å². The third-order valence-electron chi connectivity index (χ3n) is 2.44. The molecule has 1 aromatic carbocycles. The van der Waals surface area contributed by atoms with Gasteiger partial charge in [0.05, 0.1) is 7.11 Å². The van der Waals surface area contributed by atoms with Crippen molar-refractivity contribution in [1.82, 2.24) is 4.98 Å². The summed E-state index contributed by atoms with van der Waals surface area (Å²) in [4.78, 5) is 15.7. The quantitative estimate of drug-likeness (QED) is 0.806. The van der Waals surface area contributed by atoms with Gasteiger partial charge in [0.2, 0.25) is 0 Å². The summed E-state index contributed by atoms with van der Waals surface area (Å²) >= 11 is 5.78. The van der Waals surface area contributed by atoms with Crippen molar-refractivity contribution in [3.63, 3.8) is 0 Å². The molecule has 0 radical (unpaired) electrons. The Bertz CT molecular complexity index is 586. The van der Waals surface area contributed by atoms with Crippen LogP contribution in [0.25, 0.3) is 0 Å². The molecule has 1 aromatic heterocycles. The minimum absolute atomic E-state index is 0.157. The van der Waals surface area contributed by atoms with Crippen LogP contribution in [0.3, 0.4) is 0 Å². The van der Waals surface area contributed by atoms with Gasteiger partial charge < -0.3 is 9.47 Å². The first-order chi connectivity index (χ1) is 9.19. The largest absolute Gasteiger partial charge is 0.497 e. The van der Waals surface area contributed by atoms with Crippen LogP contribution in [0.1, 0.15) is 16.1 Å². The van der Waals surface area contributed by atoms with Gasteiger partial charge in [0, 0.05) is 11.2 Å². The molecular weight excluding hydrogens is 266 g/mol. The van der Waals surface area contributed by atoms with Crippen molar-refractivity contribution in [2.75, 3.05) is 7.11 Å². The Morgan fingerprint density at radius 1 is 1.32 bits per heavy atom. The van der Waals surface area contributed by atoms with Crippen LogP contribution in [0.4, 0.5) is 0 Å². The highest BCUT2D eigenvalue weighted by Crippen LogP contribution is 2.14. The van der Waals surface area contributed by atoms with E-state index < -0.39 is 5.97 Å². The number of benzene rings is 1. The van der Waals surface area contributed by atoms with Gasteiger partial charge in [-0.25, -0.2) is 9.78 Å². The van der Waals surface area contributed by atoms with Crippen molar-refractivity contribution < 1.29 is 14.3 Å². The zero-order chi connectivity index (χ0) is 13.7. The van der Waals surface area contributed by atoms with Crippen molar-refractivity contribution in [3.8, 4) is 5.75 Å². The number of carbonyl (C=O) groups is 1. The number of halogens is 1. The van der Waals surface area contributed by atoms with Crippen LogP contribution in [0.5, 0.6) is 5.75 Å². The van der Waals surface area contributed by atoms with Crippen molar-refractivity contribution in [3.05, 3.63) is 58.9 Å². The Hall–Kier alpha value is -2.07. The predicted molar refractivity (Wildman–Crippen MR) is 71.4 cm³/mol. The van der Waals surface area contributed by atoms with Gasteiger partial charge in [-0.05, 0) is 29.8 Å². The highest BCUT2D eigenvalue weighted by atomic mass is 35.5. The number of hydrogen-bond acceptors (Lipinski definition) is 4. The highest BCUT2D eigenvalue weighted by molar-refractivity contribution is 6.30. The predicted octanol–water partition coefficient (Wildman–Crippen LogP) is 3.10. The molecule has 1 heterocycles. The minimum Gasteiger partial charge on any atom is -0.497 e. The van der Waals surface area contributed by atoms with Gasteiger partial charge in [0.15, 0.2) is 0 Å². The Kier molecular flexibility index (Phi) is 4.36. The molecule has 0 aliphatic heterocycles. The Labute approximate surface area is 115 Å². The third kappa shape index (κ3) is 3.69. The van der Waals surface area contributed by atoms with Gasteiger partial charge in [-0.1, -0.05) is 23.7 Å². The summed E-state index contributed by atoms with van der Waals surface area (Å²) in [5.41, 5.74) is 1.03. The van der Waals surface area contributed by atoms with Gasteiger partial charge in [0.25, 0.3) is 0 Å². The van der Waals surface area contributed by atoms with E-state index in [9.17, 15) is 4.79 Å².